The minimum atomic E-state index is -0.326. The Morgan fingerprint density at radius 2 is 2.25 bits per heavy atom. The van der Waals surface area contributed by atoms with Gasteiger partial charge < -0.3 is 15.2 Å². The standard InChI is InChI=1S/C18H23N3O2S/c1-3-17(22)21-11-24-10-16(21)18(23)19-7-6-13-9-20-15-8-12(2)4-5-14(13)15/h4-5,8-9,16,20H,3,6-7,10-11H2,1-2H3,(H,19,23)/t16-/m1/s1. The first-order valence-electron chi connectivity index (χ1n) is 8.31. The summed E-state index contributed by atoms with van der Waals surface area (Å²) in [5.41, 5.74) is 3.56. The lowest BCUT2D eigenvalue weighted by Gasteiger charge is -2.22. The van der Waals surface area contributed by atoms with E-state index in [4.69, 9.17) is 0 Å². The Hall–Kier alpha value is -1.95. The van der Waals surface area contributed by atoms with E-state index in [1.54, 1.807) is 16.7 Å². The van der Waals surface area contributed by atoms with Gasteiger partial charge in [-0.2, -0.15) is 0 Å². The van der Waals surface area contributed by atoms with Crippen LogP contribution in [0.5, 0.6) is 0 Å². The lowest BCUT2D eigenvalue weighted by Crippen LogP contribution is -2.47. The predicted molar refractivity (Wildman–Crippen MR) is 98.0 cm³/mol. The number of rotatable bonds is 5. The first kappa shape index (κ1) is 16.9. The van der Waals surface area contributed by atoms with Gasteiger partial charge in [-0.25, -0.2) is 0 Å². The molecule has 2 amide bonds. The number of H-pyrrole nitrogens is 1. The highest BCUT2D eigenvalue weighted by Gasteiger charge is 2.33. The average molecular weight is 345 g/mol. The van der Waals surface area contributed by atoms with Crippen molar-refractivity contribution in [2.45, 2.75) is 32.7 Å². The van der Waals surface area contributed by atoms with Crippen molar-refractivity contribution in [2.24, 2.45) is 0 Å². The number of nitrogens with zero attached hydrogens (tertiary/aromatic N) is 1. The molecule has 0 radical (unpaired) electrons. The lowest BCUT2D eigenvalue weighted by molar-refractivity contribution is -0.137. The molecule has 0 aliphatic carbocycles. The molecule has 1 aromatic carbocycles. The van der Waals surface area contributed by atoms with Crippen LogP contribution in [0.1, 0.15) is 24.5 Å². The van der Waals surface area contributed by atoms with E-state index in [0.717, 1.165) is 11.9 Å². The number of aryl methyl sites for hydroxylation is 1. The smallest absolute Gasteiger partial charge is 0.243 e. The van der Waals surface area contributed by atoms with Crippen molar-refractivity contribution < 1.29 is 9.59 Å². The van der Waals surface area contributed by atoms with Gasteiger partial charge in [0.05, 0.1) is 5.88 Å². The van der Waals surface area contributed by atoms with Gasteiger partial charge in [0.2, 0.25) is 11.8 Å². The Balaban J connectivity index is 1.57. The Morgan fingerprint density at radius 1 is 1.42 bits per heavy atom. The van der Waals surface area contributed by atoms with Crippen LogP contribution in [0.25, 0.3) is 10.9 Å². The molecule has 0 spiro atoms. The summed E-state index contributed by atoms with van der Waals surface area (Å²) < 4.78 is 0. The summed E-state index contributed by atoms with van der Waals surface area (Å²) in [6.07, 6.45) is 3.23. The van der Waals surface area contributed by atoms with Crippen LogP contribution < -0.4 is 5.32 Å². The largest absolute Gasteiger partial charge is 0.361 e. The molecule has 0 saturated carbocycles. The number of hydrogen-bond donors (Lipinski definition) is 2. The van der Waals surface area contributed by atoms with Crippen molar-refractivity contribution in [1.82, 2.24) is 15.2 Å². The molecule has 6 heteroatoms. The molecule has 24 heavy (non-hydrogen) atoms. The average Bonchev–Trinajstić information content (AvgIpc) is 3.21. The number of fused-ring (bicyclic) bond motifs is 1. The highest BCUT2D eigenvalue weighted by Crippen LogP contribution is 2.22. The summed E-state index contributed by atoms with van der Waals surface area (Å²) in [6, 6.07) is 6.02. The second kappa shape index (κ2) is 7.30. The molecule has 5 nitrogen and oxygen atoms in total. The molecule has 1 aliphatic rings. The maximum atomic E-state index is 12.4. The van der Waals surface area contributed by atoms with Crippen molar-refractivity contribution in [2.75, 3.05) is 18.2 Å². The molecule has 1 saturated heterocycles. The number of hydrogen-bond acceptors (Lipinski definition) is 3. The number of aromatic amines is 1. The van der Waals surface area contributed by atoms with E-state index in [-0.39, 0.29) is 17.9 Å². The summed E-state index contributed by atoms with van der Waals surface area (Å²) in [4.78, 5) is 29.3. The second-order valence-electron chi connectivity index (χ2n) is 6.14. The van der Waals surface area contributed by atoms with Crippen LogP contribution in [0, 0.1) is 6.92 Å². The summed E-state index contributed by atoms with van der Waals surface area (Å²) in [5.74, 6) is 1.31. The van der Waals surface area contributed by atoms with Gasteiger partial charge in [0.15, 0.2) is 0 Å². The summed E-state index contributed by atoms with van der Waals surface area (Å²) >= 11 is 1.64. The Kier molecular flexibility index (Phi) is 5.14. The van der Waals surface area contributed by atoms with Gasteiger partial charge in [-0.1, -0.05) is 19.1 Å². The van der Waals surface area contributed by atoms with Crippen LogP contribution in [-0.2, 0) is 16.0 Å². The molecular weight excluding hydrogens is 322 g/mol. The van der Waals surface area contributed by atoms with E-state index >= 15 is 0 Å². The number of aromatic nitrogens is 1. The minimum absolute atomic E-state index is 0.0440. The zero-order valence-corrected chi connectivity index (χ0v) is 14.9. The zero-order valence-electron chi connectivity index (χ0n) is 14.1. The van der Waals surface area contributed by atoms with Crippen LogP contribution in [0.4, 0.5) is 0 Å². The van der Waals surface area contributed by atoms with Gasteiger partial charge in [0, 0.05) is 35.8 Å². The van der Waals surface area contributed by atoms with E-state index < -0.39 is 0 Å². The van der Waals surface area contributed by atoms with Gasteiger partial charge in [0.1, 0.15) is 6.04 Å². The molecule has 1 aromatic heterocycles. The van der Waals surface area contributed by atoms with Gasteiger partial charge in [-0.15, -0.1) is 11.8 Å². The van der Waals surface area contributed by atoms with Crippen LogP contribution >= 0.6 is 11.8 Å². The Morgan fingerprint density at radius 3 is 3.04 bits per heavy atom. The molecule has 1 fully saturated rings. The fourth-order valence-electron chi connectivity index (χ4n) is 3.05. The Bertz CT molecular complexity index is 756. The molecule has 0 unspecified atom stereocenters. The molecule has 3 rings (SSSR count). The lowest BCUT2D eigenvalue weighted by atomic mass is 10.1. The summed E-state index contributed by atoms with van der Waals surface area (Å²) in [5, 5.41) is 4.19. The number of carbonyl (C=O) groups excluding carboxylic acids is 2. The fraction of sp³-hybridized carbons (Fsp3) is 0.444. The van der Waals surface area contributed by atoms with Crippen LogP contribution in [-0.4, -0.2) is 45.9 Å². The van der Waals surface area contributed by atoms with Crippen LogP contribution in [0.3, 0.4) is 0 Å². The first-order valence-corrected chi connectivity index (χ1v) is 9.47. The second-order valence-corrected chi connectivity index (χ2v) is 7.14. The molecule has 2 heterocycles. The van der Waals surface area contributed by atoms with E-state index in [1.165, 1.54) is 16.5 Å². The van der Waals surface area contributed by atoms with Crippen molar-refractivity contribution in [3.8, 4) is 0 Å². The third kappa shape index (κ3) is 3.43. The zero-order chi connectivity index (χ0) is 17.1. The number of benzene rings is 1. The monoisotopic (exact) mass is 345 g/mol. The van der Waals surface area contributed by atoms with Crippen molar-refractivity contribution in [1.29, 1.82) is 0 Å². The Labute approximate surface area is 146 Å². The van der Waals surface area contributed by atoms with Crippen LogP contribution in [0.15, 0.2) is 24.4 Å². The van der Waals surface area contributed by atoms with E-state index in [9.17, 15) is 9.59 Å². The molecule has 128 valence electrons. The number of amides is 2. The number of nitrogens with one attached hydrogen (secondary N) is 2. The van der Waals surface area contributed by atoms with Gasteiger partial charge in [-0.3, -0.25) is 9.59 Å². The molecule has 1 aliphatic heterocycles. The maximum absolute atomic E-state index is 12.4. The normalized spacial score (nSPS) is 17.4. The maximum Gasteiger partial charge on any atom is 0.243 e. The van der Waals surface area contributed by atoms with Crippen molar-refractivity contribution in [3.05, 3.63) is 35.5 Å². The van der Waals surface area contributed by atoms with E-state index in [2.05, 4.69) is 35.4 Å². The predicted octanol–water partition coefficient (Wildman–Crippen LogP) is 2.45. The third-order valence-electron chi connectivity index (χ3n) is 4.42. The quantitative estimate of drug-likeness (QED) is 0.875. The molecule has 2 aromatic rings. The summed E-state index contributed by atoms with van der Waals surface area (Å²) in [6.45, 7) is 4.48. The van der Waals surface area contributed by atoms with Gasteiger partial charge in [0.25, 0.3) is 0 Å². The van der Waals surface area contributed by atoms with Crippen LogP contribution in [0.2, 0.25) is 0 Å². The minimum Gasteiger partial charge on any atom is -0.361 e. The fourth-order valence-corrected chi connectivity index (χ4v) is 4.23. The first-order chi connectivity index (χ1) is 11.6. The molecular formula is C18H23N3O2S. The van der Waals surface area contributed by atoms with Crippen molar-refractivity contribution >= 4 is 34.5 Å². The number of carbonyl (C=O) groups is 2. The van der Waals surface area contributed by atoms with E-state index in [0.29, 0.717) is 24.6 Å². The SMILES string of the molecule is CCC(=O)N1CSC[C@@H]1C(=O)NCCc1c[nH]c2cc(C)ccc12. The van der Waals surface area contributed by atoms with Gasteiger partial charge in [-0.05, 0) is 30.5 Å². The van der Waals surface area contributed by atoms with Gasteiger partial charge >= 0.3 is 0 Å². The third-order valence-corrected chi connectivity index (χ3v) is 5.44. The number of thioether (sulfide) groups is 1. The molecule has 1 atom stereocenters. The highest BCUT2D eigenvalue weighted by molar-refractivity contribution is 7.99. The van der Waals surface area contributed by atoms with Crippen molar-refractivity contribution in [3.63, 3.8) is 0 Å². The topological polar surface area (TPSA) is 65.2 Å². The van der Waals surface area contributed by atoms with E-state index in [1.807, 2.05) is 13.1 Å². The molecule has 0 bridgehead atoms. The summed E-state index contributed by atoms with van der Waals surface area (Å²) in [7, 11) is 0. The molecule has 2 N–H and O–H groups in total. The highest BCUT2D eigenvalue weighted by atomic mass is 32.2.